The van der Waals surface area contributed by atoms with Crippen molar-refractivity contribution in [3.05, 3.63) is 18.2 Å². The second-order valence-electron chi connectivity index (χ2n) is 4.73. The standard InChI is InChI=1S/C15H23NO3S/c1-2-16-12(11-17)6-9-20-13-4-5-14-15(10-13)19-8-3-7-18-14/h4-5,10,12,16-17H,2-3,6-9,11H2,1H3. The smallest absolute Gasteiger partial charge is 0.162 e. The van der Waals surface area contributed by atoms with Crippen molar-refractivity contribution in [2.45, 2.75) is 30.7 Å². The summed E-state index contributed by atoms with van der Waals surface area (Å²) in [6, 6.07) is 6.29. The van der Waals surface area contributed by atoms with Crippen molar-refractivity contribution < 1.29 is 14.6 Å². The van der Waals surface area contributed by atoms with Gasteiger partial charge in [-0.2, -0.15) is 0 Å². The maximum Gasteiger partial charge on any atom is 0.162 e. The molecule has 1 aliphatic heterocycles. The van der Waals surface area contributed by atoms with Gasteiger partial charge < -0.3 is 19.9 Å². The van der Waals surface area contributed by atoms with Gasteiger partial charge in [-0.3, -0.25) is 0 Å². The quantitative estimate of drug-likeness (QED) is 0.756. The Morgan fingerprint density at radius 2 is 2.10 bits per heavy atom. The highest BCUT2D eigenvalue weighted by atomic mass is 32.2. The third kappa shape index (κ3) is 4.58. The summed E-state index contributed by atoms with van der Waals surface area (Å²) in [5.74, 6) is 2.66. The van der Waals surface area contributed by atoms with Crippen molar-refractivity contribution >= 4 is 11.8 Å². The summed E-state index contributed by atoms with van der Waals surface area (Å²) in [5, 5.41) is 12.5. The molecule has 1 atom stereocenters. The zero-order valence-corrected chi connectivity index (χ0v) is 12.7. The van der Waals surface area contributed by atoms with Gasteiger partial charge in [-0.15, -0.1) is 11.8 Å². The normalized spacial score (nSPS) is 15.7. The largest absolute Gasteiger partial charge is 0.490 e. The maximum atomic E-state index is 9.24. The van der Waals surface area contributed by atoms with Crippen LogP contribution in [0.4, 0.5) is 0 Å². The molecule has 2 N–H and O–H groups in total. The van der Waals surface area contributed by atoms with Crippen molar-refractivity contribution in [2.24, 2.45) is 0 Å². The van der Waals surface area contributed by atoms with Gasteiger partial charge in [-0.1, -0.05) is 6.92 Å². The Morgan fingerprint density at radius 1 is 1.30 bits per heavy atom. The number of aliphatic hydroxyl groups excluding tert-OH is 1. The molecule has 0 aliphatic carbocycles. The van der Waals surface area contributed by atoms with Gasteiger partial charge in [0.2, 0.25) is 0 Å². The second-order valence-corrected chi connectivity index (χ2v) is 5.90. The average molecular weight is 297 g/mol. The van der Waals surface area contributed by atoms with Gasteiger partial charge >= 0.3 is 0 Å². The van der Waals surface area contributed by atoms with Crippen LogP contribution in [0, 0.1) is 0 Å². The molecular weight excluding hydrogens is 274 g/mol. The van der Waals surface area contributed by atoms with E-state index in [-0.39, 0.29) is 12.6 Å². The topological polar surface area (TPSA) is 50.7 Å². The van der Waals surface area contributed by atoms with Crippen LogP contribution in [0.15, 0.2) is 23.1 Å². The molecule has 0 radical (unpaired) electrons. The first-order valence-electron chi connectivity index (χ1n) is 7.20. The van der Waals surface area contributed by atoms with Crippen LogP contribution in [0.25, 0.3) is 0 Å². The number of nitrogens with one attached hydrogen (secondary N) is 1. The summed E-state index contributed by atoms with van der Waals surface area (Å²) in [7, 11) is 0. The molecule has 0 spiro atoms. The summed E-state index contributed by atoms with van der Waals surface area (Å²) < 4.78 is 11.3. The molecule has 5 heteroatoms. The molecule has 0 aromatic heterocycles. The SMILES string of the molecule is CCNC(CO)CCSc1ccc2c(c1)OCCCO2. The molecule has 1 heterocycles. The third-order valence-corrected chi connectivity index (χ3v) is 4.19. The van der Waals surface area contributed by atoms with E-state index in [1.54, 1.807) is 11.8 Å². The lowest BCUT2D eigenvalue weighted by Gasteiger charge is -2.14. The Labute approximate surface area is 124 Å². The zero-order valence-electron chi connectivity index (χ0n) is 11.9. The first-order chi connectivity index (χ1) is 9.83. The lowest BCUT2D eigenvalue weighted by molar-refractivity contribution is 0.242. The number of hydrogen-bond donors (Lipinski definition) is 2. The Morgan fingerprint density at radius 3 is 2.85 bits per heavy atom. The van der Waals surface area contributed by atoms with Gasteiger partial charge in [0.15, 0.2) is 11.5 Å². The van der Waals surface area contributed by atoms with Crippen LogP contribution >= 0.6 is 11.8 Å². The molecular formula is C15H23NO3S. The number of rotatable bonds is 7. The van der Waals surface area contributed by atoms with Gasteiger partial charge in [-0.05, 0) is 36.9 Å². The van der Waals surface area contributed by atoms with Crippen LogP contribution in [0.3, 0.4) is 0 Å². The van der Waals surface area contributed by atoms with Gasteiger partial charge in [0, 0.05) is 17.4 Å². The van der Waals surface area contributed by atoms with Gasteiger partial charge in [-0.25, -0.2) is 0 Å². The molecule has 0 saturated carbocycles. The van der Waals surface area contributed by atoms with Crippen molar-refractivity contribution in [1.29, 1.82) is 0 Å². The predicted molar refractivity (Wildman–Crippen MR) is 81.9 cm³/mol. The minimum absolute atomic E-state index is 0.188. The highest BCUT2D eigenvalue weighted by Crippen LogP contribution is 2.34. The number of likely N-dealkylation sites (N-methyl/N-ethyl adjacent to an activating group) is 1. The molecule has 0 fully saturated rings. The first-order valence-corrected chi connectivity index (χ1v) is 8.18. The Bertz CT molecular complexity index is 414. The molecule has 0 amide bonds. The summed E-state index contributed by atoms with van der Waals surface area (Å²) >= 11 is 1.78. The van der Waals surface area contributed by atoms with E-state index in [1.165, 1.54) is 4.90 Å². The molecule has 1 unspecified atom stereocenters. The van der Waals surface area contributed by atoms with E-state index in [1.807, 2.05) is 12.1 Å². The fourth-order valence-corrected chi connectivity index (χ4v) is 3.09. The number of hydrogen-bond acceptors (Lipinski definition) is 5. The summed E-state index contributed by atoms with van der Waals surface area (Å²) in [6.45, 7) is 4.57. The summed E-state index contributed by atoms with van der Waals surface area (Å²) in [4.78, 5) is 1.18. The zero-order chi connectivity index (χ0) is 14.2. The van der Waals surface area contributed by atoms with Crippen molar-refractivity contribution in [2.75, 3.05) is 32.1 Å². The van der Waals surface area contributed by atoms with Crippen molar-refractivity contribution in [1.82, 2.24) is 5.32 Å². The molecule has 0 saturated heterocycles. The van der Waals surface area contributed by atoms with Crippen LogP contribution in [-0.4, -0.2) is 43.3 Å². The van der Waals surface area contributed by atoms with Crippen molar-refractivity contribution in [3.8, 4) is 11.5 Å². The van der Waals surface area contributed by atoms with Crippen LogP contribution in [0.2, 0.25) is 0 Å². The van der Waals surface area contributed by atoms with E-state index in [9.17, 15) is 5.11 Å². The minimum atomic E-state index is 0.188. The number of thioether (sulfide) groups is 1. The van der Waals surface area contributed by atoms with E-state index in [4.69, 9.17) is 9.47 Å². The van der Waals surface area contributed by atoms with Gasteiger partial charge in [0.1, 0.15) is 0 Å². The number of aliphatic hydroxyl groups is 1. The Hall–Kier alpha value is -0.910. The molecule has 1 aromatic carbocycles. The molecule has 20 heavy (non-hydrogen) atoms. The highest BCUT2D eigenvalue weighted by molar-refractivity contribution is 7.99. The van der Waals surface area contributed by atoms with Crippen LogP contribution in [0.1, 0.15) is 19.8 Å². The van der Waals surface area contributed by atoms with E-state index in [2.05, 4.69) is 18.3 Å². The summed E-state index contributed by atoms with van der Waals surface area (Å²) in [5.41, 5.74) is 0. The van der Waals surface area contributed by atoms with E-state index in [0.717, 1.165) is 43.2 Å². The number of benzene rings is 1. The van der Waals surface area contributed by atoms with E-state index >= 15 is 0 Å². The number of ether oxygens (including phenoxy) is 2. The molecule has 112 valence electrons. The molecule has 2 rings (SSSR count). The van der Waals surface area contributed by atoms with Gasteiger partial charge in [0.05, 0.1) is 19.8 Å². The third-order valence-electron chi connectivity index (χ3n) is 3.17. The van der Waals surface area contributed by atoms with E-state index < -0.39 is 0 Å². The Balaban J connectivity index is 1.85. The predicted octanol–water partition coefficient (Wildman–Crippen LogP) is 2.30. The van der Waals surface area contributed by atoms with Crippen LogP contribution in [0.5, 0.6) is 11.5 Å². The molecule has 0 bridgehead atoms. The average Bonchev–Trinajstić information content (AvgIpc) is 2.71. The minimum Gasteiger partial charge on any atom is -0.490 e. The molecule has 1 aliphatic rings. The number of fused-ring (bicyclic) bond motifs is 1. The Kier molecular flexibility index (Phi) is 6.50. The fraction of sp³-hybridized carbons (Fsp3) is 0.600. The lowest BCUT2D eigenvalue weighted by Crippen LogP contribution is -2.32. The fourth-order valence-electron chi connectivity index (χ4n) is 2.10. The van der Waals surface area contributed by atoms with Crippen molar-refractivity contribution in [3.63, 3.8) is 0 Å². The van der Waals surface area contributed by atoms with Crippen LogP contribution < -0.4 is 14.8 Å². The summed E-state index contributed by atoms with van der Waals surface area (Å²) in [6.07, 6.45) is 1.88. The van der Waals surface area contributed by atoms with E-state index in [0.29, 0.717) is 6.61 Å². The highest BCUT2D eigenvalue weighted by Gasteiger charge is 2.11. The lowest BCUT2D eigenvalue weighted by atomic mass is 10.2. The molecule has 4 nitrogen and oxygen atoms in total. The molecule has 1 aromatic rings. The second kappa shape index (κ2) is 8.39. The monoisotopic (exact) mass is 297 g/mol. The van der Waals surface area contributed by atoms with Gasteiger partial charge in [0.25, 0.3) is 0 Å². The maximum absolute atomic E-state index is 9.24. The van der Waals surface area contributed by atoms with Crippen LogP contribution in [-0.2, 0) is 0 Å². The first kappa shape index (κ1) is 15.5.